The lowest BCUT2D eigenvalue weighted by Crippen LogP contribution is -2.15. The average Bonchev–Trinajstić information content (AvgIpc) is 2.42. The SMILES string of the molecule is C=C1O/C(=C/CC(C)=O)C(C)(C)CCC1COC(C)=O. The fraction of sp³-hybridized carbons (Fsp3) is 0.625. The largest absolute Gasteiger partial charge is 0.466 e. The van der Waals surface area contributed by atoms with Crippen molar-refractivity contribution in [1.82, 2.24) is 0 Å². The third kappa shape index (κ3) is 4.83. The number of carbonyl (C=O) groups is 2. The number of hydrogen-bond donors (Lipinski definition) is 0. The molecule has 1 aliphatic rings. The van der Waals surface area contributed by atoms with Gasteiger partial charge >= 0.3 is 5.97 Å². The number of ether oxygens (including phenoxy) is 2. The molecule has 0 radical (unpaired) electrons. The Labute approximate surface area is 120 Å². The molecule has 0 amide bonds. The van der Waals surface area contributed by atoms with Gasteiger partial charge in [0.25, 0.3) is 0 Å². The molecular formula is C16H24O4. The van der Waals surface area contributed by atoms with Crippen LogP contribution in [0.5, 0.6) is 0 Å². The van der Waals surface area contributed by atoms with Gasteiger partial charge in [0.15, 0.2) is 0 Å². The summed E-state index contributed by atoms with van der Waals surface area (Å²) in [5.74, 6) is 1.19. The normalized spacial score (nSPS) is 23.9. The molecule has 1 unspecified atom stereocenters. The van der Waals surface area contributed by atoms with Crippen molar-refractivity contribution in [2.75, 3.05) is 6.61 Å². The number of allylic oxidation sites excluding steroid dienone is 2. The number of rotatable bonds is 4. The minimum absolute atomic E-state index is 0.00130. The maximum absolute atomic E-state index is 11.1. The molecule has 0 aliphatic carbocycles. The first kappa shape index (κ1) is 16.5. The van der Waals surface area contributed by atoms with Crippen LogP contribution in [0.25, 0.3) is 0 Å². The summed E-state index contributed by atoms with van der Waals surface area (Å²) in [4.78, 5) is 22.0. The predicted octanol–water partition coefficient (Wildman–Crippen LogP) is 3.38. The van der Waals surface area contributed by atoms with E-state index in [1.54, 1.807) is 6.92 Å². The number of ketones is 1. The Hall–Kier alpha value is -1.58. The third-order valence-corrected chi connectivity index (χ3v) is 3.54. The highest BCUT2D eigenvalue weighted by Crippen LogP contribution is 2.40. The number of Topliss-reactive ketones (excluding diaryl/α,β-unsaturated/α-hetero) is 1. The summed E-state index contributed by atoms with van der Waals surface area (Å²) >= 11 is 0. The number of esters is 1. The van der Waals surface area contributed by atoms with Gasteiger partial charge in [-0.1, -0.05) is 20.4 Å². The van der Waals surface area contributed by atoms with E-state index in [2.05, 4.69) is 20.4 Å². The van der Waals surface area contributed by atoms with Crippen LogP contribution in [0.3, 0.4) is 0 Å². The molecule has 1 atom stereocenters. The predicted molar refractivity (Wildman–Crippen MR) is 76.7 cm³/mol. The van der Waals surface area contributed by atoms with E-state index in [-0.39, 0.29) is 23.1 Å². The van der Waals surface area contributed by atoms with E-state index in [1.807, 2.05) is 6.08 Å². The van der Waals surface area contributed by atoms with Gasteiger partial charge in [0.1, 0.15) is 23.9 Å². The van der Waals surface area contributed by atoms with Gasteiger partial charge in [-0.3, -0.25) is 9.59 Å². The number of carbonyl (C=O) groups excluding carboxylic acids is 2. The average molecular weight is 280 g/mol. The molecule has 1 aliphatic heterocycles. The lowest BCUT2D eigenvalue weighted by atomic mass is 9.83. The van der Waals surface area contributed by atoms with Crippen molar-refractivity contribution in [1.29, 1.82) is 0 Å². The van der Waals surface area contributed by atoms with Gasteiger partial charge in [-0.25, -0.2) is 0 Å². The van der Waals surface area contributed by atoms with E-state index in [4.69, 9.17) is 9.47 Å². The maximum Gasteiger partial charge on any atom is 0.302 e. The lowest BCUT2D eigenvalue weighted by molar-refractivity contribution is -0.142. The van der Waals surface area contributed by atoms with Crippen LogP contribution in [-0.2, 0) is 19.1 Å². The van der Waals surface area contributed by atoms with E-state index in [9.17, 15) is 9.59 Å². The second-order valence-electron chi connectivity index (χ2n) is 5.96. The molecule has 0 N–H and O–H groups in total. The zero-order valence-corrected chi connectivity index (χ0v) is 12.8. The molecule has 112 valence electrons. The van der Waals surface area contributed by atoms with Gasteiger partial charge in [0, 0.05) is 18.8 Å². The fourth-order valence-corrected chi connectivity index (χ4v) is 2.13. The summed E-state index contributed by atoms with van der Waals surface area (Å²) in [5, 5.41) is 0. The molecule has 0 aromatic carbocycles. The first-order valence-electron chi connectivity index (χ1n) is 6.92. The third-order valence-electron chi connectivity index (χ3n) is 3.54. The Morgan fingerprint density at radius 2 is 2.10 bits per heavy atom. The molecule has 0 spiro atoms. The van der Waals surface area contributed by atoms with Crippen molar-refractivity contribution < 1.29 is 19.1 Å². The molecule has 0 aromatic rings. The minimum atomic E-state index is -0.298. The Bertz CT molecular complexity index is 432. The summed E-state index contributed by atoms with van der Waals surface area (Å²) in [7, 11) is 0. The lowest BCUT2D eigenvalue weighted by Gasteiger charge is -2.24. The molecule has 20 heavy (non-hydrogen) atoms. The van der Waals surface area contributed by atoms with Crippen LogP contribution in [0.2, 0.25) is 0 Å². The van der Waals surface area contributed by atoms with Gasteiger partial charge in [-0.05, 0) is 25.8 Å². The summed E-state index contributed by atoms with van der Waals surface area (Å²) in [6, 6.07) is 0. The van der Waals surface area contributed by atoms with E-state index in [1.165, 1.54) is 6.92 Å². The first-order chi connectivity index (χ1) is 9.22. The summed E-state index contributed by atoms with van der Waals surface area (Å²) in [5.41, 5.74) is -0.149. The molecule has 4 heteroatoms. The monoisotopic (exact) mass is 280 g/mol. The van der Waals surface area contributed by atoms with Crippen LogP contribution in [0.1, 0.15) is 47.0 Å². The minimum Gasteiger partial charge on any atom is -0.466 e. The molecule has 0 bridgehead atoms. The molecular weight excluding hydrogens is 256 g/mol. The first-order valence-corrected chi connectivity index (χ1v) is 6.92. The van der Waals surface area contributed by atoms with Crippen LogP contribution >= 0.6 is 0 Å². The van der Waals surface area contributed by atoms with Gasteiger partial charge < -0.3 is 9.47 Å². The number of hydrogen-bond acceptors (Lipinski definition) is 4. The van der Waals surface area contributed by atoms with Crippen molar-refractivity contribution >= 4 is 11.8 Å². The van der Waals surface area contributed by atoms with Crippen LogP contribution in [0.4, 0.5) is 0 Å². The van der Waals surface area contributed by atoms with Crippen molar-refractivity contribution in [3.8, 4) is 0 Å². The quantitative estimate of drug-likeness (QED) is 0.741. The molecule has 1 saturated heterocycles. The highest BCUT2D eigenvalue weighted by atomic mass is 16.5. The summed E-state index contributed by atoms with van der Waals surface area (Å²) < 4.78 is 10.9. The van der Waals surface area contributed by atoms with Gasteiger partial charge in [-0.2, -0.15) is 0 Å². The maximum atomic E-state index is 11.1. The van der Waals surface area contributed by atoms with Crippen LogP contribution < -0.4 is 0 Å². The van der Waals surface area contributed by atoms with Crippen LogP contribution in [0, 0.1) is 11.3 Å². The zero-order valence-electron chi connectivity index (χ0n) is 12.8. The smallest absolute Gasteiger partial charge is 0.302 e. The fourth-order valence-electron chi connectivity index (χ4n) is 2.13. The second kappa shape index (κ2) is 6.73. The Morgan fingerprint density at radius 3 is 2.65 bits per heavy atom. The van der Waals surface area contributed by atoms with Crippen LogP contribution in [-0.4, -0.2) is 18.4 Å². The topological polar surface area (TPSA) is 52.6 Å². The van der Waals surface area contributed by atoms with Crippen molar-refractivity contribution in [3.63, 3.8) is 0 Å². The molecule has 4 nitrogen and oxygen atoms in total. The summed E-state index contributed by atoms with van der Waals surface area (Å²) in [6.45, 7) is 11.3. The Balaban J connectivity index is 2.81. The van der Waals surface area contributed by atoms with Crippen molar-refractivity contribution in [3.05, 3.63) is 24.2 Å². The molecule has 0 saturated carbocycles. The van der Waals surface area contributed by atoms with Crippen LogP contribution in [0.15, 0.2) is 24.2 Å². The Kier molecular flexibility index (Phi) is 5.54. The highest BCUT2D eigenvalue weighted by molar-refractivity contribution is 5.77. The highest BCUT2D eigenvalue weighted by Gasteiger charge is 2.32. The molecule has 1 heterocycles. The van der Waals surface area contributed by atoms with Gasteiger partial charge in [0.2, 0.25) is 0 Å². The standard InChI is InChI=1S/C16H24O4/c1-11(17)6-7-15-16(4,5)9-8-14(12(2)20-15)10-19-13(3)18/h7,14H,2,6,8-10H2,1,3-5H3/b15-7+. The van der Waals surface area contributed by atoms with E-state index >= 15 is 0 Å². The van der Waals surface area contributed by atoms with E-state index in [0.29, 0.717) is 18.8 Å². The van der Waals surface area contributed by atoms with E-state index < -0.39 is 0 Å². The van der Waals surface area contributed by atoms with Gasteiger partial charge in [-0.15, -0.1) is 0 Å². The Morgan fingerprint density at radius 1 is 1.45 bits per heavy atom. The zero-order chi connectivity index (χ0) is 15.3. The molecule has 1 fully saturated rings. The van der Waals surface area contributed by atoms with Crippen molar-refractivity contribution in [2.45, 2.75) is 47.0 Å². The van der Waals surface area contributed by atoms with Gasteiger partial charge in [0.05, 0.1) is 5.92 Å². The van der Waals surface area contributed by atoms with E-state index in [0.717, 1.165) is 18.6 Å². The molecule has 0 aromatic heterocycles. The summed E-state index contributed by atoms with van der Waals surface area (Å²) in [6.07, 6.45) is 3.93. The second-order valence-corrected chi connectivity index (χ2v) is 5.96. The molecule has 1 rings (SSSR count). The van der Waals surface area contributed by atoms with Crippen molar-refractivity contribution in [2.24, 2.45) is 11.3 Å².